The average Bonchev–Trinajstić information content (AvgIpc) is 2.57. The van der Waals surface area contributed by atoms with E-state index in [0.29, 0.717) is 12.1 Å². The van der Waals surface area contributed by atoms with E-state index in [-0.39, 0.29) is 6.03 Å². The molecule has 2 unspecified atom stereocenters. The molecule has 2 amide bonds. The van der Waals surface area contributed by atoms with Crippen molar-refractivity contribution >= 4 is 6.03 Å². The number of carbonyl (C=O) groups excluding carboxylic acids is 1. The zero-order valence-corrected chi connectivity index (χ0v) is 10.7. The van der Waals surface area contributed by atoms with Gasteiger partial charge in [-0.15, -0.1) is 0 Å². The normalized spacial score (nSPS) is 35.2. The van der Waals surface area contributed by atoms with Crippen LogP contribution >= 0.6 is 0 Å². The van der Waals surface area contributed by atoms with Crippen LogP contribution in [0.15, 0.2) is 0 Å². The van der Waals surface area contributed by atoms with Crippen LogP contribution in [0.3, 0.4) is 0 Å². The Kier molecular flexibility index (Phi) is 2.99. The number of carbonyl (C=O) groups is 1. The number of hydrogen-bond acceptors (Lipinski definition) is 2. The maximum absolute atomic E-state index is 12.3. The van der Waals surface area contributed by atoms with Crippen molar-refractivity contribution in [3.8, 4) is 0 Å². The van der Waals surface area contributed by atoms with E-state index >= 15 is 0 Å². The minimum absolute atomic E-state index is 0.260. The van der Waals surface area contributed by atoms with E-state index in [0.717, 1.165) is 25.6 Å². The van der Waals surface area contributed by atoms with Gasteiger partial charge in [-0.2, -0.15) is 0 Å². The summed E-state index contributed by atoms with van der Waals surface area (Å²) in [5.74, 6) is 0.769. The van der Waals surface area contributed by atoms with Crippen molar-refractivity contribution in [3.05, 3.63) is 0 Å². The minimum Gasteiger partial charge on any atom is -0.323 e. The van der Waals surface area contributed by atoms with Crippen LogP contribution in [0.5, 0.6) is 0 Å². The number of amides is 2. The Morgan fingerprint density at radius 3 is 2.65 bits per heavy atom. The summed E-state index contributed by atoms with van der Waals surface area (Å²) >= 11 is 0. The fourth-order valence-corrected chi connectivity index (χ4v) is 3.44. The lowest BCUT2D eigenvalue weighted by Crippen LogP contribution is -2.47. The third-order valence-corrected chi connectivity index (χ3v) is 4.83. The Balaban J connectivity index is 1.67. The van der Waals surface area contributed by atoms with Gasteiger partial charge in [0.1, 0.15) is 0 Å². The Morgan fingerprint density at radius 2 is 2.06 bits per heavy atom. The smallest absolute Gasteiger partial charge is 0.320 e. The molecule has 0 aromatic heterocycles. The summed E-state index contributed by atoms with van der Waals surface area (Å²) in [5, 5.41) is 3.41. The molecule has 1 saturated carbocycles. The molecule has 0 aromatic rings. The highest BCUT2D eigenvalue weighted by atomic mass is 16.2. The van der Waals surface area contributed by atoms with E-state index in [1.54, 1.807) is 0 Å². The van der Waals surface area contributed by atoms with Crippen LogP contribution in [0.1, 0.15) is 32.1 Å². The SMILES string of the molecule is CN1C(=O)N(C2CCCNC2)CC1C1CCC1. The number of hydrogen-bond donors (Lipinski definition) is 1. The lowest BCUT2D eigenvalue weighted by Gasteiger charge is -2.34. The van der Waals surface area contributed by atoms with E-state index < -0.39 is 0 Å². The van der Waals surface area contributed by atoms with E-state index in [9.17, 15) is 4.79 Å². The number of nitrogens with zero attached hydrogens (tertiary/aromatic N) is 2. The van der Waals surface area contributed by atoms with Gasteiger partial charge in [-0.25, -0.2) is 4.79 Å². The zero-order valence-electron chi connectivity index (χ0n) is 10.7. The average molecular weight is 237 g/mol. The van der Waals surface area contributed by atoms with Gasteiger partial charge in [-0.1, -0.05) is 6.42 Å². The fraction of sp³-hybridized carbons (Fsp3) is 0.923. The van der Waals surface area contributed by atoms with E-state index in [2.05, 4.69) is 10.2 Å². The number of rotatable bonds is 2. The fourth-order valence-electron chi connectivity index (χ4n) is 3.44. The van der Waals surface area contributed by atoms with Crippen molar-refractivity contribution in [1.82, 2.24) is 15.1 Å². The molecule has 3 rings (SSSR count). The van der Waals surface area contributed by atoms with Crippen LogP contribution in [0.4, 0.5) is 4.79 Å². The molecular formula is C13H23N3O. The number of nitrogens with one attached hydrogen (secondary N) is 1. The van der Waals surface area contributed by atoms with Crippen molar-refractivity contribution in [2.75, 3.05) is 26.7 Å². The first-order valence-electron chi connectivity index (χ1n) is 7.01. The molecular weight excluding hydrogens is 214 g/mol. The number of urea groups is 1. The highest BCUT2D eigenvalue weighted by Gasteiger charge is 2.43. The quantitative estimate of drug-likeness (QED) is 0.785. The molecule has 2 heterocycles. The highest BCUT2D eigenvalue weighted by Crippen LogP contribution is 2.35. The third kappa shape index (κ3) is 1.92. The molecule has 3 fully saturated rings. The molecule has 3 aliphatic rings. The summed E-state index contributed by atoms with van der Waals surface area (Å²) in [6.07, 6.45) is 6.36. The highest BCUT2D eigenvalue weighted by molar-refractivity contribution is 5.77. The lowest BCUT2D eigenvalue weighted by atomic mass is 9.79. The van der Waals surface area contributed by atoms with Gasteiger partial charge in [0.25, 0.3) is 0 Å². The standard InChI is InChI=1S/C13H23N3O/c1-15-12(10-4-2-5-10)9-16(13(15)17)11-6-3-7-14-8-11/h10-12,14H,2-9H2,1H3. The summed E-state index contributed by atoms with van der Waals surface area (Å²) in [5.41, 5.74) is 0. The molecule has 1 aliphatic carbocycles. The first kappa shape index (κ1) is 11.3. The lowest BCUT2D eigenvalue weighted by molar-refractivity contribution is 0.162. The predicted octanol–water partition coefficient (Wildman–Crippen LogP) is 1.27. The molecule has 2 aliphatic heterocycles. The van der Waals surface area contributed by atoms with Gasteiger partial charge >= 0.3 is 6.03 Å². The van der Waals surface area contributed by atoms with Gasteiger partial charge in [0, 0.05) is 26.2 Å². The molecule has 0 aromatic carbocycles. The monoisotopic (exact) mass is 237 g/mol. The summed E-state index contributed by atoms with van der Waals surface area (Å²) in [6, 6.07) is 1.18. The minimum atomic E-state index is 0.260. The van der Waals surface area contributed by atoms with Gasteiger partial charge in [0.2, 0.25) is 0 Å². The van der Waals surface area contributed by atoms with Gasteiger partial charge < -0.3 is 15.1 Å². The molecule has 4 nitrogen and oxygen atoms in total. The molecule has 4 heteroatoms. The Labute approximate surface area is 103 Å². The van der Waals surface area contributed by atoms with Crippen molar-refractivity contribution in [1.29, 1.82) is 0 Å². The molecule has 2 atom stereocenters. The first-order valence-corrected chi connectivity index (χ1v) is 7.01. The van der Waals surface area contributed by atoms with E-state index in [4.69, 9.17) is 0 Å². The zero-order chi connectivity index (χ0) is 11.8. The van der Waals surface area contributed by atoms with Crippen LogP contribution in [0, 0.1) is 5.92 Å². The largest absolute Gasteiger partial charge is 0.323 e. The van der Waals surface area contributed by atoms with E-state index in [1.165, 1.54) is 32.1 Å². The van der Waals surface area contributed by atoms with Gasteiger partial charge in [0.05, 0.1) is 6.04 Å². The molecule has 0 bridgehead atoms. The van der Waals surface area contributed by atoms with Crippen LogP contribution in [0.25, 0.3) is 0 Å². The summed E-state index contributed by atoms with van der Waals surface area (Å²) in [7, 11) is 1.99. The Bertz CT molecular complexity index is 297. The van der Waals surface area contributed by atoms with Crippen LogP contribution in [0.2, 0.25) is 0 Å². The van der Waals surface area contributed by atoms with Crippen molar-refractivity contribution in [3.63, 3.8) is 0 Å². The third-order valence-electron chi connectivity index (χ3n) is 4.83. The molecule has 0 spiro atoms. The van der Waals surface area contributed by atoms with Crippen molar-refractivity contribution < 1.29 is 4.79 Å². The second-order valence-electron chi connectivity index (χ2n) is 5.80. The summed E-state index contributed by atoms with van der Waals surface area (Å²) in [6.45, 7) is 3.06. The molecule has 96 valence electrons. The predicted molar refractivity (Wildman–Crippen MR) is 66.9 cm³/mol. The van der Waals surface area contributed by atoms with Gasteiger partial charge in [0.15, 0.2) is 0 Å². The van der Waals surface area contributed by atoms with E-state index in [1.807, 2.05) is 11.9 Å². The molecule has 1 N–H and O–H groups in total. The Hall–Kier alpha value is -0.770. The summed E-state index contributed by atoms with van der Waals surface area (Å²) < 4.78 is 0. The maximum atomic E-state index is 12.3. The van der Waals surface area contributed by atoms with Crippen LogP contribution < -0.4 is 5.32 Å². The first-order chi connectivity index (χ1) is 8.27. The maximum Gasteiger partial charge on any atom is 0.320 e. The second-order valence-corrected chi connectivity index (χ2v) is 5.80. The van der Waals surface area contributed by atoms with Crippen LogP contribution in [-0.4, -0.2) is 54.6 Å². The molecule has 17 heavy (non-hydrogen) atoms. The summed E-state index contributed by atoms with van der Waals surface area (Å²) in [4.78, 5) is 16.4. The van der Waals surface area contributed by atoms with Crippen molar-refractivity contribution in [2.45, 2.75) is 44.2 Å². The molecule has 0 radical (unpaired) electrons. The number of piperidine rings is 1. The van der Waals surface area contributed by atoms with Gasteiger partial charge in [-0.05, 0) is 38.1 Å². The number of likely N-dealkylation sites (N-methyl/N-ethyl adjacent to an activating group) is 1. The van der Waals surface area contributed by atoms with Crippen LogP contribution in [-0.2, 0) is 0 Å². The van der Waals surface area contributed by atoms with Crippen molar-refractivity contribution in [2.24, 2.45) is 5.92 Å². The van der Waals surface area contributed by atoms with Gasteiger partial charge in [-0.3, -0.25) is 0 Å². The molecule has 2 saturated heterocycles. The topological polar surface area (TPSA) is 35.6 Å². The second kappa shape index (κ2) is 4.48. The Morgan fingerprint density at radius 1 is 1.24 bits per heavy atom.